The fourth-order valence-electron chi connectivity index (χ4n) is 2.78. The number of rotatable bonds is 3. The van der Waals surface area contributed by atoms with Gasteiger partial charge >= 0.3 is 0 Å². The van der Waals surface area contributed by atoms with Crippen molar-refractivity contribution in [2.45, 2.75) is 6.54 Å². The van der Waals surface area contributed by atoms with E-state index in [-0.39, 0.29) is 11.7 Å². The molecule has 0 atom stereocenters. The molecule has 120 valence electrons. The molecule has 0 aromatic heterocycles. The SMILES string of the molecule is O=C(c1ccccc1Cl)N1CCN(Cc2ccccc2F)CC1. The molecule has 1 aliphatic rings. The van der Waals surface area contributed by atoms with Gasteiger partial charge in [-0.2, -0.15) is 0 Å². The monoisotopic (exact) mass is 332 g/mol. The van der Waals surface area contributed by atoms with Gasteiger partial charge in [-0.25, -0.2) is 4.39 Å². The van der Waals surface area contributed by atoms with Crippen molar-refractivity contribution in [3.05, 3.63) is 70.5 Å². The molecule has 0 unspecified atom stereocenters. The number of hydrogen-bond acceptors (Lipinski definition) is 2. The summed E-state index contributed by atoms with van der Waals surface area (Å²) in [5.74, 6) is -0.219. The molecule has 1 saturated heterocycles. The molecule has 2 aromatic carbocycles. The Kier molecular flexibility index (Phi) is 4.94. The molecule has 0 radical (unpaired) electrons. The predicted octanol–water partition coefficient (Wildman–Crippen LogP) is 3.44. The van der Waals surface area contributed by atoms with E-state index in [9.17, 15) is 9.18 Å². The molecule has 3 rings (SSSR count). The standard InChI is InChI=1S/C18H18ClFN2O/c19-16-7-3-2-6-15(16)18(23)22-11-9-21(10-12-22)13-14-5-1-4-8-17(14)20/h1-8H,9-13H2. The Bertz CT molecular complexity index is 699. The van der Waals surface area contributed by atoms with Crippen LogP contribution in [-0.4, -0.2) is 41.9 Å². The zero-order chi connectivity index (χ0) is 16.2. The molecule has 1 fully saturated rings. The molecular formula is C18H18ClFN2O. The van der Waals surface area contributed by atoms with Gasteiger partial charge in [0, 0.05) is 38.3 Å². The average molecular weight is 333 g/mol. The van der Waals surface area contributed by atoms with Gasteiger partial charge in [0.2, 0.25) is 0 Å². The van der Waals surface area contributed by atoms with Crippen molar-refractivity contribution in [3.8, 4) is 0 Å². The van der Waals surface area contributed by atoms with E-state index in [2.05, 4.69) is 4.90 Å². The van der Waals surface area contributed by atoms with Crippen molar-refractivity contribution < 1.29 is 9.18 Å². The summed E-state index contributed by atoms with van der Waals surface area (Å²) in [5.41, 5.74) is 1.23. The molecule has 5 heteroatoms. The number of nitrogens with zero attached hydrogens (tertiary/aromatic N) is 2. The number of carbonyl (C=O) groups is 1. The van der Waals surface area contributed by atoms with Crippen LogP contribution >= 0.6 is 11.6 Å². The molecule has 1 aliphatic heterocycles. The van der Waals surface area contributed by atoms with Crippen molar-refractivity contribution in [1.29, 1.82) is 0 Å². The van der Waals surface area contributed by atoms with E-state index >= 15 is 0 Å². The lowest BCUT2D eigenvalue weighted by atomic mass is 10.1. The van der Waals surface area contributed by atoms with Gasteiger partial charge in [0.05, 0.1) is 10.6 Å². The van der Waals surface area contributed by atoms with Crippen molar-refractivity contribution in [2.75, 3.05) is 26.2 Å². The van der Waals surface area contributed by atoms with Gasteiger partial charge in [-0.3, -0.25) is 9.69 Å². The second-order valence-electron chi connectivity index (χ2n) is 5.64. The highest BCUT2D eigenvalue weighted by Gasteiger charge is 2.23. The maximum atomic E-state index is 13.7. The molecular weight excluding hydrogens is 315 g/mol. The van der Waals surface area contributed by atoms with E-state index in [0.29, 0.717) is 35.8 Å². The van der Waals surface area contributed by atoms with E-state index in [1.165, 1.54) is 6.07 Å². The van der Waals surface area contributed by atoms with Crippen molar-refractivity contribution in [1.82, 2.24) is 9.80 Å². The highest BCUT2D eigenvalue weighted by molar-refractivity contribution is 6.33. The van der Waals surface area contributed by atoms with Gasteiger partial charge < -0.3 is 4.90 Å². The molecule has 0 aliphatic carbocycles. The van der Waals surface area contributed by atoms with E-state index in [1.807, 2.05) is 18.2 Å². The summed E-state index contributed by atoms with van der Waals surface area (Å²) in [6.45, 7) is 3.27. The van der Waals surface area contributed by atoms with Crippen LogP contribution in [0.25, 0.3) is 0 Å². The first-order valence-electron chi connectivity index (χ1n) is 7.65. The Morgan fingerprint density at radius 1 is 1.00 bits per heavy atom. The van der Waals surface area contributed by atoms with Crippen LogP contribution in [0, 0.1) is 5.82 Å². The molecule has 0 bridgehead atoms. The lowest BCUT2D eigenvalue weighted by Crippen LogP contribution is -2.48. The average Bonchev–Trinajstić information content (AvgIpc) is 2.57. The second-order valence-corrected chi connectivity index (χ2v) is 6.05. The van der Waals surface area contributed by atoms with E-state index < -0.39 is 0 Å². The van der Waals surface area contributed by atoms with Crippen LogP contribution in [0.3, 0.4) is 0 Å². The normalized spacial score (nSPS) is 15.7. The number of benzene rings is 2. The fourth-order valence-corrected chi connectivity index (χ4v) is 3.00. The second kappa shape index (κ2) is 7.11. The summed E-state index contributed by atoms with van der Waals surface area (Å²) >= 11 is 6.09. The van der Waals surface area contributed by atoms with Gasteiger partial charge in [0.15, 0.2) is 0 Å². The lowest BCUT2D eigenvalue weighted by molar-refractivity contribution is 0.0627. The highest BCUT2D eigenvalue weighted by Crippen LogP contribution is 2.19. The summed E-state index contributed by atoms with van der Waals surface area (Å²) in [4.78, 5) is 16.5. The Labute approximate surface area is 140 Å². The largest absolute Gasteiger partial charge is 0.336 e. The molecule has 23 heavy (non-hydrogen) atoms. The number of hydrogen-bond donors (Lipinski definition) is 0. The number of amides is 1. The van der Waals surface area contributed by atoms with Crippen LogP contribution in [0.5, 0.6) is 0 Å². The molecule has 1 amide bonds. The van der Waals surface area contributed by atoms with Gasteiger partial charge in [-0.15, -0.1) is 0 Å². The van der Waals surface area contributed by atoms with Crippen LogP contribution in [-0.2, 0) is 6.54 Å². The Balaban J connectivity index is 1.59. The molecule has 0 spiro atoms. The predicted molar refractivity (Wildman–Crippen MR) is 89.0 cm³/mol. The summed E-state index contributed by atoms with van der Waals surface area (Å²) in [5, 5.41) is 0.478. The van der Waals surface area contributed by atoms with Crippen LogP contribution in [0.4, 0.5) is 4.39 Å². The zero-order valence-electron chi connectivity index (χ0n) is 12.7. The third kappa shape index (κ3) is 3.71. The highest BCUT2D eigenvalue weighted by atomic mass is 35.5. The van der Waals surface area contributed by atoms with Crippen LogP contribution in [0.2, 0.25) is 5.02 Å². The van der Waals surface area contributed by atoms with Crippen LogP contribution in [0.1, 0.15) is 15.9 Å². The van der Waals surface area contributed by atoms with Crippen molar-refractivity contribution >= 4 is 17.5 Å². The summed E-state index contributed by atoms with van der Waals surface area (Å²) in [6, 6.07) is 13.9. The molecule has 0 N–H and O–H groups in total. The zero-order valence-corrected chi connectivity index (χ0v) is 13.5. The lowest BCUT2D eigenvalue weighted by Gasteiger charge is -2.35. The molecule has 2 aromatic rings. The maximum Gasteiger partial charge on any atom is 0.255 e. The minimum atomic E-state index is -0.179. The van der Waals surface area contributed by atoms with Crippen molar-refractivity contribution in [3.63, 3.8) is 0 Å². The summed E-state index contributed by atoms with van der Waals surface area (Å²) < 4.78 is 13.7. The summed E-state index contributed by atoms with van der Waals surface area (Å²) in [6.07, 6.45) is 0. The topological polar surface area (TPSA) is 23.6 Å². The first kappa shape index (κ1) is 16.0. The number of piperazine rings is 1. The van der Waals surface area contributed by atoms with Crippen molar-refractivity contribution in [2.24, 2.45) is 0 Å². The maximum absolute atomic E-state index is 13.7. The summed E-state index contributed by atoms with van der Waals surface area (Å²) in [7, 11) is 0. The smallest absolute Gasteiger partial charge is 0.255 e. The number of halogens is 2. The fraction of sp³-hybridized carbons (Fsp3) is 0.278. The van der Waals surface area contributed by atoms with Gasteiger partial charge in [-0.1, -0.05) is 41.9 Å². The Morgan fingerprint density at radius 3 is 2.35 bits per heavy atom. The number of carbonyl (C=O) groups excluding carboxylic acids is 1. The van der Waals surface area contributed by atoms with Gasteiger partial charge in [0.1, 0.15) is 5.82 Å². The first-order valence-corrected chi connectivity index (χ1v) is 8.02. The minimum Gasteiger partial charge on any atom is -0.336 e. The van der Waals surface area contributed by atoms with E-state index in [0.717, 1.165) is 13.1 Å². The third-order valence-corrected chi connectivity index (χ3v) is 4.45. The van der Waals surface area contributed by atoms with Crippen LogP contribution in [0.15, 0.2) is 48.5 Å². The van der Waals surface area contributed by atoms with Gasteiger partial charge in [0.25, 0.3) is 5.91 Å². The Hall–Kier alpha value is -1.91. The van der Waals surface area contributed by atoms with Crippen LogP contribution < -0.4 is 0 Å². The quantitative estimate of drug-likeness (QED) is 0.859. The molecule has 1 heterocycles. The van der Waals surface area contributed by atoms with Gasteiger partial charge in [-0.05, 0) is 18.2 Å². The molecule has 0 saturated carbocycles. The Morgan fingerprint density at radius 2 is 1.65 bits per heavy atom. The van der Waals surface area contributed by atoms with E-state index in [1.54, 1.807) is 29.2 Å². The first-order chi connectivity index (χ1) is 11.1. The third-order valence-electron chi connectivity index (χ3n) is 4.12. The van der Waals surface area contributed by atoms with E-state index in [4.69, 9.17) is 11.6 Å². The molecule has 3 nitrogen and oxygen atoms in total. The minimum absolute atomic E-state index is 0.0406.